The van der Waals surface area contributed by atoms with E-state index in [0.717, 1.165) is 17.1 Å². The van der Waals surface area contributed by atoms with Crippen LogP contribution in [0.5, 0.6) is 0 Å². The lowest BCUT2D eigenvalue weighted by Gasteiger charge is -2.29. The van der Waals surface area contributed by atoms with Crippen LogP contribution in [0.15, 0.2) is 23.1 Å². The van der Waals surface area contributed by atoms with Crippen molar-refractivity contribution in [3.8, 4) is 0 Å². The Kier molecular flexibility index (Phi) is 2.78. The number of hydrogen-bond acceptors (Lipinski definition) is 3. The Balaban J connectivity index is 1.98. The molecule has 1 aromatic rings. The molecule has 1 saturated carbocycles. The molecule has 1 fully saturated rings. The van der Waals surface area contributed by atoms with Crippen LogP contribution in [0.25, 0.3) is 0 Å². The number of carbonyl (C=O) groups excluding carboxylic acids is 1. The van der Waals surface area contributed by atoms with Gasteiger partial charge in [-0.3, -0.25) is 4.79 Å². The number of thioether (sulfide) groups is 1. The van der Waals surface area contributed by atoms with Crippen LogP contribution in [0, 0.1) is 5.92 Å². The zero-order valence-corrected chi connectivity index (χ0v) is 10.6. The second kappa shape index (κ2) is 4.31. The molecule has 0 radical (unpaired) electrons. The van der Waals surface area contributed by atoms with Crippen LogP contribution >= 0.6 is 11.8 Å². The van der Waals surface area contributed by atoms with Gasteiger partial charge in [0.25, 0.3) is 0 Å². The second-order valence-corrected chi connectivity index (χ2v) is 5.74. The van der Waals surface area contributed by atoms with Gasteiger partial charge in [-0.1, -0.05) is 0 Å². The normalized spacial score (nSPS) is 18.7. The molecule has 94 valence electrons. The Labute approximate surface area is 109 Å². The fourth-order valence-electron chi connectivity index (χ4n) is 2.09. The summed E-state index contributed by atoms with van der Waals surface area (Å²) in [6.07, 6.45) is 2.34. The van der Waals surface area contributed by atoms with Gasteiger partial charge in [0.1, 0.15) is 0 Å². The molecule has 2 aliphatic rings. The quantitative estimate of drug-likeness (QED) is 0.908. The molecule has 1 heterocycles. The Morgan fingerprint density at radius 2 is 2.22 bits per heavy atom. The maximum atomic E-state index is 12.0. The lowest BCUT2D eigenvalue weighted by Crippen LogP contribution is -2.37. The maximum Gasteiger partial charge on any atom is 0.335 e. The first-order chi connectivity index (χ1) is 8.65. The lowest BCUT2D eigenvalue weighted by atomic mass is 10.1. The van der Waals surface area contributed by atoms with E-state index in [9.17, 15) is 9.59 Å². The maximum absolute atomic E-state index is 12.0. The number of fused-ring (bicyclic) bond motifs is 1. The van der Waals surface area contributed by atoms with Gasteiger partial charge < -0.3 is 10.0 Å². The minimum atomic E-state index is -0.952. The summed E-state index contributed by atoms with van der Waals surface area (Å²) in [5, 5.41) is 9.02. The number of carboxylic acid groups (broad SMARTS) is 1. The van der Waals surface area contributed by atoms with E-state index in [2.05, 4.69) is 0 Å². The summed E-state index contributed by atoms with van der Waals surface area (Å²) >= 11 is 1.48. The van der Waals surface area contributed by atoms with Gasteiger partial charge in [-0.2, -0.15) is 0 Å². The molecule has 1 aliphatic carbocycles. The molecule has 0 saturated heterocycles. The van der Waals surface area contributed by atoms with Crippen molar-refractivity contribution in [1.82, 2.24) is 0 Å². The number of carbonyl (C=O) groups is 2. The number of carboxylic acids is 1. The van der Waals surface area contributed by atoms with Crippen molar-refractivity contribution in [1.29, 1.82) is 0 Å². The minimum Gasteiger partial charge on any atom is -0.478 e. The zero-order valence-electron chi connectivity index (χ0n) is 9.76. The fourth-order valence-corrected chi connectivity index (χ4v) is 3.01. The van der Waals surface area contributed by atoms with E-state index in [1.54, 1.807) is 23.1 Å². The van der Waals surface area contributed by atoms with Crippen LogP contribution in [0.1, 0.15) is 23.2 Å². The molecule has 0 bridgehead atoms. The number of benzene rings is 1. The van der Waals surface area contributed by atoms with Crippen molar-refractivity contribution in [2.24, 2.45) is 5.92 Å². The number of amides is 1. The summed E-state index contributed by atoms with van der Waals surface area (Å²) in [5.74, 6) is 0.180. The predicted molar refractivity (Wildman–Crippen MR) is 69.2 cm³/mol. The number of rotatable bonds is 3. The van der Waals surface area contributed by atoms with E-state index < -0.39 is 5.97 Å². The smallest absolute Gasteiger partial charge is 0.335 e. The first-order valence-corrected chi connectivity index (χ1v) is 6.94. The van der Waals surface area contributed by atoms with Gasteiger partial charge in [-0.25, -0.2) is 4.79 Å². The molecule has 18 heavy (non-hydrogen) atoms. The van der Waals surface area contributed by atoms with Crippen molar-refractivity contribution in [3.63, 3.8) is 0 Å². The highest BCUT2D eigenvalue weighted by molar-refractivity contribution is 8.00. The molecular formula is C13H13NO3S. The van der Waals surface area contributed by atoms with Gasteiger partial charge in [0.15, 0.2) is 0 Å². The summed E-state index contributed by atoms with van der Waals surface area (Å²) in [6, 6.07) is 5.01. The molecule has 3 rings (SSSR count). The van der Waals surface area contributed by atoms with E-state index in [0.29, 0.717) is 11.7 Å². The van der Waals surface area contributed by atoms with E-state index in [1.807, 2.05) is 0 Å². The van der Waals surface area contributed by atoms with Crippen molar-refractivity contribution in [3.05, 3.63) is 23.8 Å². The van der Waals surface area contributed by atoms with Gasteiger partial charge in [0.2, 0.25) is 5.91 Å². The second-order valence-electron chi connectivity index (χ2n) is 4.72. The molecule has 4 nitrogen and oxygen atoms in total. The Morgan fingerprint density at radius 3 is 2.89 bits per heavy atom. The van der Waals surface area contributed by atoms with Crippen LogP contribution in [-0.4, -0.2) is 29.3 Å². The monoisotopic (exact) mass is 263 g/mol. The molecule has 0 spiro atoms. The third kappa shape index (κ3) is 2.10. The summed E-state index contributed by atoms with van der Waals surface area (Å²) in [6.45, 7) is 0.732. The van der Waals surface area contributed by atoms with Crippen molar-refractivity contribution in [2.45, 2.75) is 17.7 Å². The van der Waals surface area contributed by atoms with Crippen LogP contribution in [-0.2, 0) is 4.79 Å². The van der Waals surface area contributed by atoms with Gasteiger partial charge in [-0.05, 0) is 37.0 Å². The van der Waals surface area contributed by atoms with Crippen LogP contribution < -0.4 is 4.90 Å². The first kappa shape index (κ1) is 11.6. The topological polar surface area (TPSA) is 57.6 Å². The first-order valence-electron chi connectivity index (χ1n) is 5.95. The molecule has 1 N–H and O–H groups in total. The number of hydrogen-bond donors (Lipinski definition) is 1. The molecule has 1 amide bonds. The number of anilines is 1. The fraction of sp³-hybridized carbons (Fsp3) is 0.385. The summed E-state index contributed by atoms with van der Waals surface area (Å²) in [7, 11) is 0. The van der Waals surface area contributed by atoms with Crippen LogP contribution in [0.3, 0.4) is 0 Å². The van der Waals surface area contributed by atoms with Crippen LogP contribution in [0.2, 0.25) is 0 Å². The summed E-state index contributed by atoms with van der Waals surface area (Å²) in [4.78, 5) is 25.7. The van der Waals surface area contributed by atoms with Crippen molar-refractivity contribution < 1.29 is 14.7 Å². The van der Waals surface area contributed by atoms with Gasteiger partial charge in [0, 0.05) is 11.4 Å². The molecule has 0 unspecified atom stereocenters. The van der Waals surface area contributed by atoms with E-state index >= 15 is 0 Å². The molecular weight excluding hydrogens is 250 g/mol. The predicted octanol–water partition coefficient (Wildman–Crippen LogP) is 2.23. The third-order valence-electron chi connectivity index (χ3n) is 3.29. The van der Waals surface area contributed by atoms with E-state index in [4.69, 9.17) is 5.11 Å². The summed E-state index contributed by atoms with van der Waals surface area (Å²) < 4.78 is 0. The van der Waals surface area contributed by atoms with Gasteiger partial charge >= 0.3 is 5.97 Å². The van der Waals surface area contributed by atoms with Gasteiger partial charge in [0.05, 0.1) is 17.0 Å². The third-order valence-corrected chi connectivity index (χ3v) is 4.33. The zero-order chi connectivity index (χ0) is 12.7. The summed E-state index contributed by atoms with van der Waals surface area (Å²) in [5.41, 5.74) is 1.01. The largest absolute Gasteiger partial charge is 0.478 e. The highest BCUT2D eigenvalue weighted by atomic mass is 32.2. The number of nitrogens with zero attached hydrogens (tertiary/aromatic N) is 1. The van der Waals surface area contributed by atoms with E-state index in [1.165, 1.54) is 24.6 Å². The Hall–Kier alpha value is -1.49. The highest BCUT2D eigenvalue weighted by Crippen LogP contribution is 2.39. The van der Waals surface area contributed by atoms with Crippen molar-refractivity contribution in [2.75, 3.05) is 17.2 Å². The highest BCUT2D eigenvalue weighted by Gasteiger charge is 2.31. The molecule has 1 aliphatic heterocycles. The number of aromatic carboxylic acids is 1. The molecule has 0 aromatic heterocycles. The van der Waals surface area contributed by atoms with Crippen molar-refractivity contribution >= 4 is 29.3 Å². The average Bonchev–Trinajstić information content (AvgIpc) is 3.16. The lowest BCUT2D eigenvalue weighted by molar-refractivity contribution is -0.116. The van der Waals surface area contributed by atoms with Crippen LogP contribution in [0.4, 0.5) is 5.69 Å². The standard InChI is InChI=1S/C13H13NO3S/c15-12-7-18-11-4-3-9(13(16)17)5-10(11)14(12)6-8-1-2-8/h3-5,8H,1-2,6-7H2,(H,16,17). The minimum absolute atomic E-state index is 0.0851. The Morgan fingerprint density at radius 1 is 1.44 bits per heavy atom. The van der Waals surface area contributed by atoms with E-state index in [-0.39, 0.29) is 11.5 Å². The molecule has 1 aromatic carbocycles. The molecule has 5 heteroatoms. The average molecular weight is 263 g/mol. The van der Waals surface area contributed by atoms with Gasteiger partial charge in [-0.15, -0.1) is 11.8 Å². The SMILES string of the molecule is O=C(O)c1ccc2c(c1)N(CC1CC1)C(=O)CS2. The Bertz CT molecular complexity index is 525. The molecule has 0 atom stereocenters.